The number of aromatic nitrogens is 4. The number of nitrogens with zero attached hydrogens (tertiary/aromatic N) is 4. The predicted octanol–water partition coefficient (Wildman–Crippen LogP) is 16.7. The minimum Gasteiger partial charge on any atom is -0.486 e. The highest BCUT2D eigenvalue weighted by Gasteiger charge is 2.41. The van der Waals surface area contributed by atoms with Crippen LogP contribution in [-0.2, 0) is 72.8 Å². The molecule has 20 N–H and O–H groups in total. The Bertz CT molecular complexity index is 6390. The van der Waals surface area contributed by atoms with Gasteiger partial charge in [0.1, 0.15) is 89.7 Å². The molecule has 6 aromatic carbocycles. The van der Waals surface area contributed by atoms with Gasteiger partial charge >= 0.3 is 72.6 Å². The molecule has 0 saturated carbocycles. The van der Waals surface area contributed by atoms with Gasteiger partial charge in [0.15, 0.2) is 18.0 Å². The lowest BCUT2D eigenvalue weighted by Crippen LogP contribution is -2.38. The van der Waals surface area contributed by atoms with Crippen LogP contribution in [0.15, 0.2) is 164 Å². The fraction of sp³-hybridized carbons (Fsp3) is 0.238. The summed E-state index contributed by atoms with van der Waals surface area (Å²) in [7, 11) is 1.94. The molecule has 1 amide bonds. The van der Waals surface area contributed by atoms with Crippen molar-refractivity contribution in [1.29, 1.82) is 27.0 Å². The Hall–Kier alpha value is -14.8. The normalized spacial score (nSPS) is 12.7. The fourth-order valence-corrected chi connectivity index (χ4v) is 15.8. The number of fused-ring (bicyclic) bond motifs is 5. The van der Waals surface area contributed by atoms with Gasteiger partial charge in [-0.15, -0.1) is 56.7 Å². The molecule has 14 rings (SSSR count). The van der Waals surface area contributed by atoms with Gasteiger partial charge < -0.3 is 102 Å². The fourth-order valence-electron chi connectivity index (χ4n) is 10.5. The average molecular weight is 2090 g/mol. The summed E-state index contributed by atoms with van der Waals surface area (Å²) in [5, 5.41) is 73.2. The lowest BCUT2D eigenvalue weighted by molar-refractivity contribution is -0.193. The number of aryl methyl sites for hydroxylation is 1. The van der Waals surface area contributed by atoms with E-state index in [1.807, 2.05) is 165 Å². The number of ether oxygens (including phenoxy) is 9. The maximum atomic E-state index is 12.0. The molecule has 744 valence electrons. The Balaban J connectivity index is 0.000000249. The van der Waals surface area contributed by atoms with E-state index in [0.29, 0.717) is 67.1 Å². The molecule has 55 heteroatoms. The van der Waals surface area contributed by atoms with E-state index in [-0.39, 0.29) is 67.7 Å². The highest BCUT2D eigenvalue weighted by atomic mass is 35.5. The van der Waals surface area contributed by atoms with E-state index in [2.05, 4.69) is 19.7 Å². The van der Waals surface area contributed by atoms with Crippen LogP contribution in [0.2, 0.25) is 4.47 Å². The van der Waals surface area contributed by atoms with Crippen LogP contribution in [0.5, 0.6) is 28.7 Å². The third-order valence-corrected chi connectivity index (χ3v) is 23.2. The molecule has 0 bridgehead atoms. The van der Waals surface area contributed by atoms with Gasteiger partial charge in [-0.1, -0.05) is 48.5 Å². The van der Waals surface area contributed by atoms with E-state index in [4.69, 9.17) is 150 Å². The Morgan fingerprint density at radius 3 is 1.27 bits per heavy atom. The number of imidazole rings is 1. The van der Waals surface area contributed by atoms with Gasteiger partial charge in [-0.3, -0.25) is 27.0 Å². The van der Waals surface area contributed by atoms with Crippen LogP contribution in [0, 0.1) is 27.0 Å². The van der Waals surface area contributed by atoms with Crippen molar-refractivity contribution in [3.63, 3.8) is 0 Å². The summed E-state index contributed by atoms with van der Waals surface area (Å²) in [5.41, 5.74) is 28.5. The van der Waals surface area contributed by atoms with Gasteiger partial charge in [-0.2, -0.15) is 57.1 Å². The first-order valence-corrected chi connectivity index (χ1v) is 44.1. The largest absolute Gasteiger partial charge is 0.490 e. The quantitative estimate of drug-likeness (QED) is 0.00631. The second-order valence-electron chi connectivity index (χ2n) is 27.0. The molecule has 3 atom stereocenters. The molecular formula is C84H80ClF12N15O21S6. The number of nitrogen functional groups attached to an aromatic ring is 5. The number of nitrogens with one attached hydrogen (secondary N) is 6. The summed E-state index contributed by atoms with van der Waals surface area (Å²) in [6.45, 7) is 8.48. The number of carbonyl (C=O) groups is 8. The second kappa shape index (κ2) is 52.0. The minimum atomic E-state index is -5.08. The number of alkyl carbamates (subject to hydrolysis) is 1. The highest BCUT2D eigenvalue weighted by Crippen LogP contribution is 2.39. The molecule has 36 nitrogen and oxygen atoms in total. The molecule has 7 aromatic heterocycles. The first-order valence-electron chi connectivity index (χ1n) is 38.9. The van der Waals surface area contributed by atoms with Crippen LogP contribution < -0.4 is 57.7 Å². The molecule has 0 aliphatic carbocycles. The number of cyclic esters (lactones) is 1. The zero-order chi connectivity index (χ0) is 104. The van der Waals surface area contributed by atoms with Crippen LogP contribution in [0.4, 0.5) is 57.5 Å². The van der Waals surface area contributed by atoms with Crippen LogP contribution in [-0.4, -0.2) is 186 Å². The number of alkyl halides is 12. The first kappa shape index (κ1) is 113. The lowest BCUT2D eigenvalue weighted by atomic mass is 10.1. The molecule has 3 unspecified atom stereocenters. The van der Waals surface area contributed by atoms with Crippen molar-refractivity contribution < 1.29 is 154 Å². The van der Waals surface area contributed by atoms with Gasteiger partial charge in [0.05, 0.1) is 37.6 Å². The van der Waals surface area contributed by atoms with Crippen LogP contribution in [0.1, 0.15) is 81.8 Å². The summed E-state index contributed by atoms with van der Waals surface area (Å²) in [4.78, 5) is 94.7. The lowest BCUT2D eigenvalue weighted by Gasteiger charge is -2.20. The van der Waals surface area contributed by atoms with Crippen molar-refractivity contribution in [2.75, 3.05) is 26.4 Å². The van der Waals surface area contributed by atoms with Crippen molar-refractivity contribution in [2.45, 2.75) is 96.5 Å². The van der Waals surface area contributed by atoms with E-state index in [9.17, 15) is 71.9 Å². The van der Waals surface area contributed by atoms with Crippen molar-refractivity contribution in [3.05, 3.63) is 210 Å². The van der Waals surface area contributed by atoms with Crippen LogP contribution in [0.3, 0.4) is 0 Å². The topological polar surface area (TPSA) is 606 Å². The Morgan fingerprint density at radius 2 is 0.914 bits per heavy atom. The maximum absolute atomic E-state index is 12.0. The summed E-state index contributed by atoms with van der Waals surface area (Å²) in [6, 6.07) is 46.9. The number of amidine groups is 5. The Labute approximate surface area is 805 Å². The SMILES string of the molecule is CC1CC(Oc2cccc3sc(C(=N)N)cc23)C(=O)O1.CCNC(=O)OCC(Oc1cccc2sc(C(=N)N)cc12)c1ccccc1.CCOC(=O)C(Oc1cccc2sc(C(=N)N)cc12)C(=O)OCC.Cn1ccnc1COc1ccc2cc(C(=N)N)sc2c1.N=C(N)c1cc2ccc(OCc3nsc(Cl)n3)cc2s1.O=C(O)C(F)(F)F.O=C(O)C(F)(F)F.O=C(O)C(F)(F)F.O=C(O)C(F)(F)F. The van der Waals surface area contributed by atoms with Crippen molar-refractivity contribution in [1.82, 2.24) is 24.2 Å². The molecule has 1 fully saturated rings. The summed E-state index contributed by atoms with van der Waals surface area (Å²) >= 11 is 14.0. The van der Waals surface area contributed by atoms with Gasteiger partial charge in [0, 0.05) is 72.1 Å². The number of nitrogens with two attached hydrogens (primary N) is 5. The van der Waals surface area contributed by atoms with Crippen LogP contribution >= 0.6 is 79.8 Å². The number of carbonyl (C=O) groups excluding carboxylic acids is 4. The number of hydrogen-bond acceptors (Lipinski definition) is 31. The van der Waals surface area contributed by atoms with Gasteiger partial charge in [-0.05, 0) is 170 Å². The molecule has 0 spiro atoms. The number of carboxylic acid groups (broad SMARTS) is 4. The minimum absolute atomic E-state index is 0.0290. The second-order valence-corrected chi connectivity index (χ2v) is 33.7. The number of amides is 1. The number of hydrogen-bond donors (Lipinski definition) is 15. The molecule has 1 aliphatic rings. The molecule has 1 aliphatic heterocycles. The van der Waals surface area contributed by atoms with Gasteiger partial charge in [0.25, 0.3) is 6.10 Å². The molecule has 8 heterocycles. The third-order valence-electron chi connectivity index (χ3n) is 16.7. The van der Waals surface area contributed by atoms with Crippen molar-refractivity contribution in [3.8, 4) is 28.7 Å². The summed E-state index contributed by atoms with van der Waals surface area (Å²) in [5.74, 6) is -8.23. The number of thiophene rings is 5. The zero-order valence-electron chi connectivity index (χ0n) is 72.1. The highest BCUT2D eigenvalue weighted by molar-refractivity contribution is 7.22. The predicted molar refractivity (Wildman–Crippen MR) is 493 cm³/mol. The zero-order valence-corrected chi connectivity index (χ0v) is 77.8. The molecule has 139 heavy (non-hydrogen) atoms. The van der Waals surface area contributed by atoms with E-state index in [1.165, 1.54) is 56.7 Å². The Kier molecular flexibility index (Phi) is 42.2. The number of halogens is 13. The van der Waals surface area contributed by atoms with Gasteiger partial charge in [0.2, 0.25) is 4.47 Å². The maximum Gasteiger partial charge on any atom is 0.490 e. The average Bonchev–Trinajstić information content (AvgIpc) is 1.68. The summed E-state index contributed by atoms with van der Waals surface area (Å²) in [6.07, 6.45) is -19.2. The molecule has 13 aromatic rings. The van der Waals surface area contributed by atoms with Crippen molar-refractivity contribution >= 4 is 207 Å². The Morgan fingerprint density at radius 1 is 0.525 bits per heavy atom. The number of rotatable bonds is 25. The van der Waals surface area contributed by atoms with Gasteiger partial charge in [-0.25, -0.2) is 48.3 Å². The summed E-state index contributed by atoms with van der Waals surface area (Å²) < 4.78 is 187. The molecule has 1 saturated heterocycles. The number of esters is 3. The smallest absolute Gasteiger partial charge is 0.486 e. The van der Waals surface area contributed by atoms with Crippen molar-refractivity contribution in [2.24, 2.45) is 35.7 Å². The standard InChI is InChI=1S/C20H21N3O3S.C16H18N2O5S.C14H14N4OS.C14H14N2O3S.C12H9ClN4OS2.4C2HF3O2/c1-2-23-20(24)25-12-16(13-7-4-3-5-8-13)26-15-9-6-10-17-14(15)11-18(27-17)19(21)22;1-3-21-15(19)13(16(20)22-4-2)23-10-6-5-7-11-9(10)8-12(24-11)14(17)18;1-18-5-4-17-13(18)8-19-10-3-2-9-6-12(14(15)16)20-11(9)7-10;1-7-5-10(14(17)18-7)19-9-3-2-4-11-8(9)6-12(20-11)13(15)16;13-12-16-10(17-20-12)5-18-7-2-1-6-3-9(11(14)15)19-8(6)4-7;4*3-2(4,5)1(6)7/h3-11,16H,2,12H2,1H3,(H3,21,22)(H,23,24);5-8,13H,3-4H2,1-2H3,(H3,17,18);2-7H,8H2,1H3,(H3,15,16);2-4,6-7,10H,5H2,1H3,(H3,15,16);1-4H,5H2,(H3,14,15);4*(H,6,7). The number of carboxylic acids is 4. The van der Waals surface area contributed by atoms with E-state index >= 15 is 0 Å². The van der Waals surface area contributed by atoms with E-state index in [1.54, 1.807) is 38.2 Å². The molecular weight excluding hydrogens is 2010 g/mol. The first-order chi connectivity index (χ1) is 65.1. The van der Waals surface area contributed by atoms with Crippen LogP contribution in [0.25, 0.3) is 50.4 Å². The number of benzene rings is 6. The van der Waals surface area contributed by atoms with E-state index < -0.39 is 84.9 Å². The molecule has 0 radical (unpaired) electrons. The monoisotopic (exact) mass is 2090 g/mol. The third kappa shape index (κ3) is 36.0. The number of aliphatic carboxylic acids is 4. The van der Waals surface area contributed by atoms with E-state index in [0.717, 1.165) is 89.2 Å².